The molecule has 0 aromatic heterocycles. The summed E-state index contributed by atoms with van der Waals surface area (Å²) < 4.78 is 15.0. The molecule has 3 aliphatic rings. The van der Waals surface area contributed by atoms with Crippen molar-refractivity contribution in [2.75, 3.05) is 19.8 Å². The van der Waals surface area contributed by atoms with E-state index in [0.29, 0.717) is 12.7 Å². The predicted octanol–water partition coefficient (Wildman–Crippen LogP) is -0.216. The largest absolute Gasteiger partial charge is 2.00 e. The van der Waals surface area contributed by atoms with Crippen molar-refractivity contribution in [1.82, 2.24) is 0 Å². The van der Waals surface area contributed by atoms with Crippen LogP contribution in [0.4, 0.5) is 0 Å². The van der Waals surface area contributed by atoms with Crippen molar-refractivity contribution in [2.45, 2.75) is 24.4 Å². The fourth-order valence-corrected chi connectivity index (χ4v) is 1.54. The topological polar surface area (TPSA) is 83.4 Å². The van der Waals surface area contributed by atoms with E-state index in [2.05, 4.69) is 16.5 Å². The zero-order valence-corrected chi connectivity index (χ0v) is 13.3. The van der Waals surface area contributed by atoms with E-state index in [0.717, 1.165) is 6.61 Å². The summed E-state index contributed by atoms with van der Waals surface area (Å²) in [4.78, 5) is 14.4. The minimum absolute atomic E-state index is 0. The van der Waals surface area contributed by atoms with Gasteiger partial charge in [-0.1, -0.05) is 6.61 Å². The van der Waals surface area contributed by atoms with Gasteiger partial charge >= 0.3 is 31.1 Å². The van der Waals surface area contributed by atoms with Crippen LogP contribution in [0.1, 0.15) is 0 Å². The number of fused-ring (bicyclic) bond motifs is 1. The van der Waals surface area contributed by atoms with Gasteiger partial charge in [0, 0.05) is 6.61 Å². The van der Waals surface area contributed by atoms with Gasteiger partial charge in [0.1, 0.15) is 0 Å². The molecule has 0 aromatic rings. The Balaban J connectivity index is 0.000000247. The molecule has 7 nitrogen and oxygen atoms in total. The second kappa shape index (κ2) is 6.90. The summed E-state index contributed by atoms with van der Waals surface area (Å²) in [6.07, 6.45) is 1.18. The first kappa shape index (κ1) is 15.2. The van der Waals surface area contributed by atoms with Gasteiger partial charge in [0.05, 0.1) is 12.7 Å². The quantitative estimate of drug-likeness (QED) is 0.241. The van der Waals surface area contributed by atoms with Crippen LogP contribution in [0.25, 0.3) is 0 Å². The molecule has 0 spiro atoms. The van der Waals surface area contributed by atoms with Crippen molar-refractivity contribution >= 4 is 0 Å². The molecule has 0 aliphatic carbocycles. The van der Waals surface area contributed by atoms with E-state index >= 15 is 0 Å². The molecule has 0 radical (unpaired) electrons. The van der Waals surface area contributed by atoms with Gasteiger partial charge in [-0.15, -0.1) is 10.1 Å². The van der Waals surface area contributed by atoms with Gasteiger partial charge < -0.3 is 26.0 Å². The number of hydrogen-bond donors (Lipinski definition) is 0. The van der Waals surface area contributed by atoms with Gasteiger partial charge in [-0.05, 0) is 12.2 Å². The van der Waals surface area contributed by atoms with Crippen LogP contribution in [0.15, 0.2) is 0 Å². The third kappa shape index (κ3) is 4.72. The third-order valence-electron chi connectivity index (χ3n) is 2.38. The van der Waals surface area contributed by atoms with Crippen molar-refractivity contribution in [1.29, 1.82) is 0 Å². The van der Waals surface area contributed by atoms with Crippen molar-refractivity contribution in [3.63, 3.8) is 0 Å². The number of ether oxygens (including phenoxy) is 3. The van der Waals surface area contributed by atoms with E-state index in [1.807, 2.05) is 6.42 Å². The molecule has 4 unspecified atom stereocenters. The molecule has 0 bridgehead atoms. The van der Waals surface area contributed by atoms with Crippen LogP contribution >= 0.6 is 0 Å². The van der Waals surface area contributed by atoms with E-state index in [4.69, 9.17) is 9.47 Å². The first-order valence-corrected chi connectivity index (χ1v) is 4.99. The van der Waals surface area contributed by atoms with Crippen molar-refractivity contribution in [2.24, 2.45) is 0 Å². The van der Waals surface area contributed by atoms with Crippen LogP contribution in [-0.2, 0) is 19.0 Å². The summed E-state index contributed by atoms with van der Waals surface area (Å²) in [6, 6.07) is 0. The van der Waals surface area contributed by atoms with Crippen LogP contribution in [0.2, 0.25) is 0 Å². The van der Waals surface area contributed by atoms with E-state index in [1.165, 1.54) is 0 Å². The van der Waals surface area contributed by atoms with Crippen LogP contribution in [-0.4, -0.2) is 49.3 Å². The Bertz CT molecular complexity index is 262. The van der Waals surface area contributed by atoms with Crippen LogP contribution < -0.4 is 0 Å². The Morgan fingerprint density at radius 3 is 2.53 bits per heavy atom. The van der Waals surface area contributed by atoms with Crippen LogP contribution in [0, 0.1) is 54.6 Å². The van der Waals surface area contributed by atoms with Crippen LogP contribution in [0.3, 0.4) is 0 Å². The molecule has 3 fully saturated rings. The second-order valence-corrected chi connectivity index (χ2v) is 3.65. The van der Waals surface area contributed by atoms with E-state index < -0.39 is 11.2 Å². The van der Waals surface area contributed by atoms with Gasteiger partial charge in [0.25, 0.3) is 5.09 Å². The number of rotatable bonds is 2. The maximum absolute atomic E-state index is 10.0. The summed E-state index contributed by atoms with van der Waals surface area (Å²) in [5.74, 6) is 0. The fourth-order valence-electron chi connectivity index (χ4n) is 1.54. The fraction of sp³-hybridized carbons (Fsp3) is 0.778. The molecular weight excluding hydrogens is 456 g/mol. The Morgan fingerprint density at radius 1 is 1.35 bits per heavy atom. The molecule has 3 saturated heterocycles. The molecule has 0 amide bonds. The predicted molar refractivity (Wildman–Crippen MR) is 50.7 cm³/mol. The van der Waals surface area contributed by atoms with Gasteiger partial charge in [-0.2, -0.15) is 0 Å². The third-order valence-corrected chi connectivity index (χ3v) is 2.38. The maximum Gasteiger partial charge on any atom is 2.00 e. The van der Waals surface area contributed by atoms with Gasteiger partial charge in [-0.3, -0.25) is 6.42 Å². The minimum Gasteiger partial charge on any atom is -0.408 e. The summed E-state index contributed by atoms with van der Waals surface area (Å²) in [7, 11) is 0. The molecular formula is C9H13NO6U. The van der Waals surface area contributed by atoms with E-state index in [9.17, 15) is 10.1 Å². The molecule has 0 saturated carbocycles. The Morgan fingerprint density at radius 2 is 2.00 bits per heavy atom. The normalized spacial score (nSPS) is 37.2. The monoisotopic (exact) mass is 469 g/mol. The first-order chi connectivity index (χ1) is 7.66. The molecule has 0 aromatic carbocycles. The van der Waals surface area contributed by atoms with Crippen molar-refractivity contribution in [3.8, 4) is 0 Å². The smallest absolute Gasteiger partial charge is 0.408 e. The van der Waals surface area contributed by atoms with Gasteiger partial charge in [0.2, 0.25) is 0 Å². The molecule has 4 atom stereocenters. The maximum atomic E-state index is 10.0. The van der Waals surface area contributed by atoms with E-state index in [-0.39, 0.29) is 49.9 Å². The summed E-state index contributed by atoms with van der Waals surface area (Å²) in [5.41, 5.74) is 0. The molecule has 8 heteroatoms. The zero-order valence-electron chi connectivity index (χ0n) is 9.11. The Hall–Kier alpha value is 0.132. The molecule has 3 heterocycles. The standard InChI is InChI=1S/C6H8NO5.C3H5O.U/c8-7(9)12-5-3-11-4-1-2-10-6(4)5;1-3-2-4-3;/h1,4-6H,2-3H2;3H,1-2H2;/q2*-1;+2. The second-order valence-electron chi connectivity index (χ2n) is 3.65. The number of hydrogen-bond acceptors (Lipinski definition) is 6. The van der Waals surface area contributed by atoms with Crippen molar-refractivity contribution < 1.29 is 55.2 Å². The van der Waals surface area contributed by atoms with Gasteiger partial charge in [-0.25, -0.2) is 0 Å². The summed E-state index contributed by atoms with van der Waals surface area (Å²) in [5, 5.41) is 9.20. The zero-order chi connectivity index (χ0) is 11.5. The van der Waals surface area contributed by atoms with Crippen molar-refractivity contribution in [3.05, 3.63) is 23.5 Å². The summed E-state index contributed by atoms with van der Waals surface area (Å²) in [6.45, 7) is 5.11. The molecule has 3 aliphatic heterocycles. The average molecular weight is 469 g/mol. The SMILES string of the molecule is O=[N+]([O-])OC1COC2[CH-]COC21.[CH2-]C1CO1.[U+2]. The molecule has 94 valence electrons. The average Bonchev–Trinajstić information content (AvgIpc) is 2.77. The summed E-state index contributed by atoms with van der Waals surface area (Å²) >= 11 is 0. The number of epoxide rings is 1. The minimum atomic E-state index is -0.807. The Labute approximate surface area is 123 Å². The van der Waals surface area contributed by atoms with Crippen LogP contribution in [0.5, 0.6) is 0 Å². The van der Waals surface area contributed by atoms with E-state index in [1.54, 1.807) is 0 Å². The number of nitrogens with zero attached hydrogens (tertiary/aromatic N) is 1. The molecule has 3 rings (SSSR count). The Kier molecular flexibility index (Phi) is 6.17. The molecule has 0 N–H and O–H groups in total. The molecule has 17 heavy (non-hydrogen) atoms. The van der Waals surface area contributed by atoms with Gasteiger partial charge in [0.15, 0.2) is 6.10 Å². The first-order valence-electron chi connectivity index (χ1n) is 4.99.